The predicted octanol–water partition coefficient (Wildman–Crippen LogP) is 6.32. The molecule has 0 bridgehead atoms. The molecule has 5 N–H and O–H groups in total. The summed E-state index contributed by atoms with van der Waals surface area (Å²) in [7, 11) is 0. The van der Waals surface area contributed by atoms with E-state index in [1.165, 1.54) is 5.56 Å². The molecular formula is C20H23Br4N3O. The van der Waals surface area contributed by atoms with Gasteiger partial charge in [-0.3, -0.25) is 0 Å². The third-order valence-corrected chi connectivity index (χ3v) is 7.25. The SMILES string of the molecule is Nc1c(Br)cc(Br)cc1CNc1c(Br)cc(Br)cc1CNC1CCC(O)CC1. The van der Waals surface area contributed by atoms with Gasteiger partial charge in [0.1, 0.15) is 0 Å². The topological polar surface area (TPSA) is 70.3 Å². The number of halogens is 4. The molecule has 0 aliphatic heterocycles. The Balaban J connectivity index is 1.73. The molecule has 1 aliphatic rings. The van der Waals surface area contributed by atoms with Crippen molar-refractivity contribution < 1.29 is 5.11 Å². The highest BCUT2D eigenvalue weighted by Crippen LogP contribution is 2.33. The monoisotopic (exact) mass is 637 g/mol. The molecule has 2 aromatic rings. The van der Waals surface area contributed by atoms with Gasteiger partial charge in [0.25, 0.3) is 0 Å². The van der Waals surface area contributed by atoms with Crippen LogP contribution in [0.2, 0.25) is 0 Å². The van der Waals surface area contributed by atoms with E-state index in [4.69, 9.17) is 5.73 Å². The van der Waals surface area contributed by atoms with Gasteiger partial charge >= 0.3 is 0 Å². The molecule has 0 atom stereocenters. The van der Waals surface area contributed by atoms with Gasteiger partial charge in [0.05, 0.1) is 17.5 Å². The van der Waals surface area contributed by atoms with Crippen LogP contribution in [0.5, 0.6) is 0 Å². The number of anilines is 2. The lowest BCUT2D eigenvalue weighted by atomic mass is 9.93. The number of aliphatic hydroxyl groups excluding tert-OH is 1. The lowest BCUT2D eigenvalue weighted by molar-refractivity contribution is 0.116. The van der Waals surface area contributed by atoms with Gasteiger partial charge in [-0.1, -0.05) is 31.9 Å². The van der Waals surface area contributed by atoms with E-state index in [0.29, 0.717) is 12.6 Å². The minimum atomic E-state index is -0.134. The number of nitrogen functional groups attached to an aromatic ring is 1. The molecule has 8 heteroatoms. The Kier molecular flexibility index (Phi) is 8.27. The Morgan fingerprint density at radius 1 is 0.857 bits per heavy atom. The van der Waals surface area contributed by atoms with Crippen LogP contribution in [0.4, 0.5) is 11.4 Å². The Bertz CT molecular complexity index is 839. The molecule has 0 spiro atoms. The zero-order valence-electron chi connectivity index (χ0n) is 15.2. The predicted molar refractivity (Wildman–Crippen MR) is 131 cm³/mol. The highest BCUT2D eigenvalue weighted by Gasteiger charge is 2.19. The Hall–Kier alpha value is -0.120. The van der Waals surface area contributed by atoms with Gasteiger partial charge in [-0.15, -0.1) is 0 Å². The highest BCUT2D eigenvalue weighted by atomic mass is 79.9. The van der Waals surface area contributed by atoms with Gasteiger partial charge in [-0.05, 0) is 92.9 Å². The number of nitrogens with two attached hydrogens (primary N) is 1. The van der Waals surface area contributed by atoms with Crippen LogP contribution in [0.15, 0.2) is 42.2 Å². The van der Waals surface area contributed by atoms with E-state index in [1.54, 1.807) is 0 Å². The molecule has 0 amide bonds. The van der Waals surface area contributed by atoms with E-state index in [2.05, 4.69) is 80.4 Å². The smallest absolute Gasteiger partial charge is 0.0541 e. The number of aliphatic hydroxyl groups is 1. The molecule has 28 heavy (non-hydrogen) atoms. The first-order valence-corrected chi connectivity index (χ1v) is 12.4. The second-order valence-corrected chi connectivity index (χ2v) is 10.7. The maximum atomic E-state index is 9.70. The van der Waals surface area contributed by atoms with Crippen LogP contribution < -0.4 is 16.4 Å². The van der Waals surface area contributed by atoms with Crippen molar-refractivity contribution in [3.63, 3.8) is 0 Å². The van der Waals surface area contributed by atoms with Crippen molar-refractivity contribution in [2.24, 2.45) is 0 Å². The minimum absolute atomic E-state index is 0.134. The second-order valence-electron chi connectivity index (χ2n) is 7.12. The van der Waals surface area contributed by atoms with Gasteiger partial charge in [-0.25, -0.2) is 0 Å². The van der Waals surface area contributed by atoms with Crippen molar-refractivity contribution in [1.29, 1.82) is 0 Å². The van der Waals surface area contributed by atoms with E-state index in [0.717, 1.165) is 67.1 Å². The molecule has 0 unspecified atom stereocenters. The maximum Gasteiger partial charge on any atom is 0.0541 e. The molecule has 4 nitrogen and oxygen atoms in total. The highest BCUT2D eigenvalue weighted by molar-refractivity contribution is 9.11. The molecule has 0 heterocycles. The Labute approximate surface area is 199 Å². The third kappa shape index (κ3) is 5.95. The van der Waals surface area contributed by atoms with Crippen molar-refractivity contribution in [2.75, 3.05) is 11.1 Å². The zero-order chi connectivity index (χ0) is 20.3. The molecule has 0 radical (unpaired) electrons. The average molecular weight is 641 g/mol. The quantitative estimate of drug-likeness (QED) is 0.279. The van der Waals surface area contributed by atoms with Crippen LogP contribution in [0.1, 0.15) is 36.8 Å². The van der Waals surface area contributed by atoms with Crippen LogP contribution in [0.25, 0.3) is 0 Å². The number of benzene rings is 2. The largest absolute Gasteiger partial charge is 0.398 e. The van der Waals surface area contributed by atoms with Crippen LogP contribution in [0.3, 0.4) is 0 Å². The summed E-state index contributed by atoms with van der Waals surface area (Å²) < 4.78 is 3.91. The number of hydrogen-bond acceptors (Lipinski definition) is 4. The molecule has 1 aliphatic carbocycles. The van der Waals surface area contributed by atoms with Crippen LogP contribution in [-0.2, 0) is 13.1 Å². The van der Waals surface area contributed by atoms with Crippen molar-refractivity contribution >= 4 is 75.1 Å². The van der Waals surface area contributed by atoms with Crippen LogP contribution in [-0.4, -0.2) is 17.3 Å². The first kappa shape index (κ1) is 22.6. The van der Waals surface area contributed by atoms with Gasteiger partial charge in [-0.2, -0.15) is 0 Å². The molecule has 2 aromatic carbocycles. The molecule has 152 valence electrons. The summed E-state index contributed by atoms with van der Waals surface area (Å²) in [6, 6.07) is 8.61. The summed E-state index contributed by atoms with van der Waals surface area (Å²) in [5.41, 5.74) is 10.2. The number of nitrogens with one attached hydrogen (secondary N) is 2. The summed E-state index contributed by atoms with van der Waals surface area (Å²) in [6.07, 6.45) is 3.65. The summed E-state index contributed by atoms with van der Waals surface area (Å²) in [4.78, 5) is 0. The van der Waals surface area contributed by atoms with E-state index >= 15 is 0 Å². The lowest BCUT2D eigenvalue weighted by Crippen LogP contribution is -2.34. The van der Waals surface area contributed by atoms with E-state index < -0.39 is 0 Å². The normalized spacial score (nSPS) is 19.6. The van der Waals surface area contributed by atoms with Crippen molar-refractivity contribution in [3.05, 3.63) is 53.3 Å². The second kappa shape index (κ2) is 10.3. The fourth-order valence-electron chi connectivity index (χ4n) is 3.47. The summed E-state index contributed by atoms with van der Waals surface area (Å²) in [5.74, 6) is 0. The van der Waals surface area contributed by atoms with Crippen molar-refractivity contribution in [3.8, 4) is 0 Å². The van der Waals surface area contributed by atoms with E-state index in [-0.39, 0.29) is 6.10 Å². The number of hydrogen-bond donors (Lipinski definition) is 4. The van der Waals surface area contributed by atoms with Crippen molar-refractivity contribution in [1.82, 2.24) is 5.32 Å². The van der Waals surface area contributed by atoms with Gasteiger partial charge in [0, 0.05) is 37.0 Å². The Morgan fingerprint density at radius 2 is 1.46 bits per heavy atom. The van der Waals surface area contributed by atoms with E-state index in [1.807, 2.05) is 18.2 Å². The molecular weight excluding hydrogens is 618 g/mol. The molecule has 1 fully saturated rings. The van der Waals surface area contributed by atoms with Gasteiger partial charge < -0.3 is 21.5 Å². The molecule has 0 saturated heterocycles. The van der Waals surface area contributed by atoms with Crippen LogP contribution in [0, 0.1) is 0 Å². The van der Waals surface area contributed by atoms with Gasteiger partial charge in [0.15, 0.2) is 0 Å². The summed E-state index contributed by atoms with van der Waals surface area (Å²) >= 11 is 14.3. The first-order valence-electron chi connectivity index (χ1n) is 9.20. The maximum absolute atomic E-state index is 9.70. The summed E-state index contributed by atoms with van der Waals surface area (Å²) in [5, 5.41) is 16.9. The Morgan fingerprint density at radius 3 is 2.14 bits per heavy atom. The van der Waals surface area contributed by atoms with Crippen LogP contribution >= 0.6 is 63.7 Å². The lowest BCUT2D eigenvalue weighted by Gasteiger charge is -2.27. The number of rotatable bonds is 6. The molecule has 1 saturated carbocycles. The average Bonchev–Trinajstić information content (AvgIpc) is 2.64. The first-order chi connectivity index (χ1) is 13.3. The van der Waals surface area contributed by atoms with E-state index in [9.17, 15) is 5.11 Å². The minimum Gasteiger partial charge on any atom is -0.398 e. The summed E-state index contributed by atoms with van der Waals surface area (Å²) in [6.45, 7) is 1.38. The van der Waals surface area contributed by atoms with Crippen molar-refractivity contribution in [2.45, 2.75) is 50.9 Å². The standard InChI is InChI=1S/C20H23Br4N3O/c21-13-5-11(19(25)17(23)7-13)9-27-20-12(6-14(22)8-18(20)24)10-26-15-1-3-16(28)4-2-15/h5-8,15-16,26-28H,1-4,9-10,25H2. The zero-order valence-corrected chi connectivity index (χ0v) is 21.6. The molecule has 0 aromatic heterocycles. The fraction of sp³-hybridized carbons (Fsp3) is 0.400. The third-order valence-electron chi connectivity index (χ3n) is 5.05. The van der Waals surface area contributed by atoms with Gasteiger partial charge in [0.2, 0.25) is 0 Å². The fourth-order valence-corrected chi connectivity index (χ4v) is 6.23. The molecule has 3 rings (SSSR count).